The molecule has 2 aromatic rings. The van der Waals surface area contributed by atoms with Gasteiger partial charge in [0.25, 0.3) is 0 Å². The maximum Gasteiger partial charge on any atom is 0.123 e. The van der Waals surface area contributed by atoms with E-state index in [9.17, 15) is 4.39 Å². The Hall–Kier alpha value is -1.42. The van der Waals surface area contributed by atoms with Crippen molar-refractivity contribution in [1.29, 1.82) is 0 Å². The number of halogens is 1. The first kappa shape index (κ1) is 12.0. The molecule has 0 fully saturated rings. The van der Waals surface area contributed by atoms with Crippen LogP contribution in [0.2, 0.25) is 0 Å². The van der Waals surface area contributed by atoms with Crippen molar-refractivity contribution in [3.05, 3.63) is 46.2 Å². The molecule has 0 radical (unpaired) electrons. The van der Waals surface area contributed by atoms with Crippen molar-refractivity contribution in [3.8, 4) is 0 Å². The lowest BCUT2D eigenvalue weighted by atomic mass is 10.3. The summed E-state index contributed by atoms with van der Waals surface area (Å²) in [6.45, 7) is 5.80. The van der Waals surface area contributed by atoms with E-state index >= 15 is 0 Å². The van der Waals surface area contributed by atoms with Gasteiger partial charge in [-0.1, -0.05) is 0 Å². The Morgan fingerprint density at radius 2 is 2.00 bits per heavy atom. The van der Waals surface area contributed by atoms with Crippen LogP contribution in [0.3, 0.4) is 0 Å². The first-order valence-electron chi connectivity index (χ1n) is 5.61. The Kier molecular flexibility index (Phi) is 3.74. The van der Waals surface area contributed by atoms with E-state index in [-0.39, 0.29) is 5.82 Å². The fraction of sp³-hybridized carbons (Fsp3) is 0.308. The molecule has 2 nitrogen and oxygen atoms in total. The zero-order valence-electron chi connectivity index (χ0n) is 9.98. The monoisotopic (exact) mass is 250 g/mol. The van der Waals surface area contributed by atoms with Crippen LogP contribution in [0.15, 0.2) is 30.5 Å². The molecule has 0 saturated carbocycles. The SMILES string of the molecule is CCN(Cc1ncc(C)s1)c1ccc(F)cc1. The second kappa shape index (κ2) is 5.27. The minimum absolute atomic E-state index is 0.199. The maximum atomic E-state index is 12.9. The highest BCUT2D eigenvalue weighted by Crippen LogP contribution is 2.19. The molecule has 2 rings (SSSR count). The van der Waals surface area contributed by atoms with E-state index in [1.165, 1.54) is 17.0 Å². The number of thiazole rings is 1. The van der Waals surface area contributed by atoms with Gasteiger partial charge >= 0.3 is 0 Å². The average molecular weight is 250 g/mol. The third-order valence-corrected chi connectivity index (χ3v) is 3.47. The smallest absolute Gasteiger partial charge is 0.123 e. The van der Waals surface area contributed by atoms with Gasteiger partial charge < -0.3 is 4.90 Å². The van der Waals surface area contributed by atoms with E-state index in [1.54, 1.807) is 23.5 Å². The Bertz CT molecular complexity index is 478. The summed E-state index contributed by atoms with van der Waals surface area (Å²) < 4.78 is 12.9. The fourth-order valence-corrected chi connectivity index (χ4v) is 2.48. The first-order valence-corrected chi connectivity index (χ1v) is 6.42. The van der Waals surface area contributed by atoms with Crippen molar-refractivity contribution in [2.75, 3.05) is 11.4 Å². The quantitative estimate of drug-likeness (QED) is 0.824. The molecule has 0 saturated heterocycles. The predicted molar refractivity (Wildman–Crippen MR) is 70.0 cm³/mol. The van der Waals surface area contributed by atoms with Crippen LogP contribution in [0.25, 0.3) is 0 Å². The van der Waals surface area contributed by atoms with E-state index in [0.717, 1.165) is 23.8 Å². The van der Waals surface area contributed by atoms with E-state index in [4.69, 9.17) is 0 Å². The highest BCUT2D eigenvalue weighted by Gasteiger charge is 2.07. The summed E-state index contributed by atoms with van der Waals surface area (Å²) in [6, 6.07) is 6.59. The second-order valence-electron chi connectivity index (χ2n) is 3.86. The summed E-state index contributed by atoms with van der Waals surface area (Å²) in [7, 11) is 0. The Balaban J connectivity index is 2.13. The first-order chi connectivity index (χ1) is 8.19. The number of aryl methyl sites for hydroxylation is 1. The van der Waals surface area contributed by atoms with Crippen molar-refractivity contribution in [2.45, 2.75) is 20.4 Å². The van der Waals surface area contributed by atoms with Gasteiger partial charge in [0.15, 0.2) is 0 Å². The highest BCUT2D eigenvalue weighted by molar-refractivity contribution is 7.11. The summed E-state index contributed by atoms with van der Waals surface area (Å²) in [5, 5.41) is 1.09. The Labute approximate surface area is 105 Å². The summed E-state index contributed by atoms with van der Waals surface area (Å²) in [4.78, 5) is 7.75. The zero-order chi connectivity index (χ0) is 12.3. The predicted octanol–water partition coefficient (Wildman–Crippen LogP) is 3.62. The summed E-state index contributed by atoms with van der Waals surface area (Å²) >= 11 is 1.70. The number of nitrogens with zero attached hydrogens (tertiary/aromatic N) is 2. The van der Waals surface area contributed by atoms with Crippen molar-refractivity contribution >= 4 is 17.0 Å². The molecule has 0 aliphatic heterocycles. The van der Waals surface area contributed by atoms with Crippen LogP contribution in [0.4, 0.5) is 10.1 Å². The number of hydrogen-bond acceptors (Lipinski definition) is 3. The van der Waals surface area contributed by atoms with Gasteiger partial charge in [0.05, 0.1) is 6.54 Å². The Morgan fingerprint density at radius 3 is 2.53 bits per heavy atom. The second-order valence-corrected chi connectivity index (χ2v) is 5.17. The largest absolute Gasteiger partial charge is 0.365 e. The van der Waals surface area contributed by atoms with E-state index < -0.39 is 0 Å². The average Bonchev–Trinajstić information content (AvgIpc) is 2.73. The Morgan fingerprint density at radius 1 is 1.29 bits per heavy atom. The van der Waals surface area contributed by atoms with Gasteiger partial charge in [-0.15, -0.1) is 11.3 Å². The molecule has 1 heterocycles. The van der Waals surface area contributed by atoms with Gasteiger partial charge in [0, 0.05) is 23.3 Å². The molecule has 17 heavy (non-hydrogen) atoms. The van der Waals surface area contributed by atoms with Crippen LogP contribution in [0.5, 0.6) is 0 Å². The molecular weight excluding hydrogens is 235 g/mol. The molecule has 1 aromatic carbocycles. The zero-order valence-corrected chi connectivity index (χ0v) is 10.8. The number of aromatic nitrogens is 1. The third-order valence-electron chi connectivity index (χ3n) is 2.57. The van der Waals surface area contributed by atoms with Crippen molar-refractivity contribution < 1.29 is 4.39 Å². The maximum absolute atomic E-state index is 12.9. The fourth-order valence-electron chi connectivity index (χ4n) is 1.68. The molecule has 0 atom stereocenters. The molecule has 0 aliphatic carbocycles. The van der Waals surface area contributed by atoms with Crippen LogP contribution in [-0.2, 0) is 6.54 Å². The normalized spacial score (nSPS) is 10.5. The minimum atomic E-state index is -0.199. The van der Waals surface area contributed by atoms with Crippen LogP contribution < -0.4 is 4.90 Å². The summed E-state index contributed by atoms with van der Waals surface area (Å²) in [6.07, 6.45) is 1.89. The van der Waals surface area contributed by atoms with Gasteiger partial charge in [0.1, 0.15) is 10.8 Å². The molecule has 1 aromatic heterocycles. The van der Waals surface area contributed by atoms with Gasteiger partial charge in [-0.25, -0.2) is 9.37 Å². The third kappa shape index (κ3) is 3.03. The van der Waals surface area contributed by atoms with Crippen molar-refractivity contribution in [2.24, 2.45) is 0 Å². The van der Waals surface area contributed by atoms with Crippen LogP contribution in [0.1, 0.15) is 16.8 Å². The molecule has 0 bridgehead atoms. The highest BCUT2D eigenvalue weighted by atomic mass is 32.1. The summed E-state index contributed by atoms with van der Waals surface area (Å²) in [5.74, 6) is -0.199. The minimum Gasteiger partial charge on any atom is -0.365 e. The van der Waals surface area contributed by atoms with Gasteiger partial charge in [-0.3, -0.25) is 0 Å². The molecule has 0 N–H and O–H groups in total. The van der Waals surface area contributed by atoms with Crippen molar-refractivity contribution in [1.82, 2.24) is 4.98 Å². The van der Waals surface area contributed by atoms with Crippen LogP contribution in [-0.4, -0.2) is 11.5 Å². The topological polar surface area (TPSA) is 16.1 Å². The molecule has 0 amide bonds. The van der Waals surface area contributed by atoms with E-state index in [2.05, 4.69) is 23.7 Å². The number of benzene rings is 1. The molecule has 0 aliphatic rings. The molecule has 4 heteroatoms. The van der Waals surface area contributed by atoms with E-state index in [0.29, 0.717) is 0 Å². The number of rotatable bonds is 4. The number of hydrogen-bond donors (Lipinski definition) is 0. The molecular formula is C13H15FN2S. The van der Waals surface area contributed by atoms with E-state index in [1.807, 2.05) is 6.20 Å². The van der Waals surface area contributed by atoms with Crippen molar-refractivity contribution in [3.63, 3.8) is 0 Å². The molecule has 0 unspecified atom stereocenters. The number of anilines is 1. The van der Waals surface area contributed by atoms with Gasteiger partial charge in [-0.2, -0.15) is 0 Å². The lowest BCUT2D eigenvalue weighted by molar-refractivity contribution is 0.627. The van der Waals surface area contributed by atoms with Gasteiger partial charge in [-0.05, 0) is 38.1 Å². The van der Waals surface area contributed by atoms with Crippen LogP contribution in [0, 0.1) is 12.7 Å². The standard InChI is InChI=1S/C13H15FN2S/c1-3-16(9-13-15-8-10(2)17-13)12-6-4-11(14)5-7-12/h4-8H,3,9H2,1-2H3. The lowest BCUT2D eigenvalue weighted by Gasteiger charge is -2.21. The molecule has 90 valence electrons. The lowest BCUT2D eigenvalue weighted by Crippen LogP contribution is -2.21. The van der Waals surface area contributed by atoms with Crippen LogP contribution >= 0.6 is 11.3 Å². The summed E-state index contributed by atoms with van der Waals surface area (Å²) in [5.41, 5.74) is 1.03. The molecule has 0 spiro atoms. The van der Waals surface area contributed by atoms with Gasteiger partial charge in [0.2, 0.25) is 0 Å².